The standard InChI is InChI=1S/C27H30N4O7/c1-16-14-17(31(36)37)11-12-20(16)30-15-19(18-8-5-6-9-21(18)30)23(25(33)34)28-24(32)22-10-7-13-29(22)26(35)38-27(2,3)4/h5-6,8-9,11-12,14-15,22-23H,7,10,13H2,1-4H3,(H,28,32)(H,33,34). The third kappa shape index (κ3) is 5.31. The molecule has 2 aromatic carbocycles. The Balaban J connectivity index is 1.69. The molecule has 2 unspecified atom stereocenters. The highest BCUT2D eigenvalue weighted by Crippen LogP contribution is 2.32. The number of nitro groups is 1. The van der Waals surface area contributed by atoms with Crippen molar-refractivity contribution in [3.63, 3.8) is 0 Å². The summed E-state index contributed by atoms with van der Waals surface area (Å²) in [4.78, 5) is 50.4. The van der Waals surface area contributed by atoms with E-state index < -0.39 is 40.6 Å². The van der Waals surface area contributed by atoms with E-state index in [2.05, 4.69) is 5.32 Å². The molecule has 3 aromatic rings. The van der Waals surface area contributed by atoms with Gasteiger partial charge in [0.25, 0.3) is 5.69 Å². The normalized spacial score (nSPS) is 16.3. The van der Waals surface area contributed by atoms with E-state index in [1.807, 2.05) is 6.07 Å². The molecule has 200 valence electrons. The first-order chi connectivity index (χ1) is 17.9. The highest BCUT2D eigenvalue weighted by atomic mass is 16.6. The molecule has 0 saturated carbocycles. The number of carbonyl (C=O) groups excluding carboxylic acids is 2. The summed E-state index contributed by atoms with van der Waals surface area (Å²) in [6, 6.07) is 9.33. The maximum atomic E-state index is 13.3. The van der Waals surface area contributed by atoms with Gasteiger partial charge in [-0.25, -0.2) is 9.59 Å². The number of carboxylic acids is 1. The number of hydrogen-bond donors (Lipinski definition) is 2. The molecular weight excluding hydrogens is 492 g/mol. The van der Waals surface area contributed by atoms with Crippen LogP contribution in [0.4, 0.5) is 10.5 Å². The highest BCUT2D eigenvalue weighted by Gasteiger charge is 2.38. The molecule has 38 heavy (non-hydrogen) atoms. The molecule has 4 rings (SSSR count). The summed E-state index contributed by atoms with van der Waals surface area (Å²) in [5.74, 6) is -1.84. The summed E-state index contributed by atoms with van der Waals surface area (Å²) in [5, 5.41) is 24.6. The summed E-state index contributed by atoms with van der Waals surface area (Å²) in [7, 11) is 0. The smallest absolute Gasteiger partial charge is 0.410 e. The minimum Gasteiger partial charge on any atom is -0.479 e. The molecule has 2 heterocycles. The third-order valence-electron chi connectivity index (χ3n) is 6.42. The Hall–Kier alpha value is -4.41. The summed E-state index contributed by atoms with van der Waals surface area (Å²) >= 11 is 0. The van der Waals surface area contributed by atoms with Crippen LogP contribution in [0, 0.1) is 17.0 Å². The van der Waals surface area contributed by atoms with E-state index in [1.54, 1.807) is 62.7 Å². The number of carboxylic acid groups (broad SMARTS) is 1. The molecule has 1 aromatic heterocycles. The predicted molar refractivity (Wildman–Crippen MR) is 139 cm³/mol. The van der Waals surface area contributed by atoms with Crippen molar-refractivity contribution in [3.8, 4) is 5.69 Å². The van der Waals surface area contributed by atoms with Gasteiger partial charge >= 0.3 is 12.1 Å². The van der Waals surface area contributed by atoms with E-state index >= 15 is 0 Å². The number of para-hydroxylation sites is 1. The van der Waals surface area contributed by atoms with Crippen LogP contribution in [0.3, 0.4) is 0 Å². The fraction of sp³-hybridized carbons (Fsp3) is 0.370. The van der Waals surface area contributed by atoms with Gasteiger partial charge in [0, 0.05) is 41.5 Å². The molecule has 0 radical (unpaired) electrons. The molecule has 2 amide bonds. The van der Waals surface area contributed by atoms with Crippen molar-refractivity contribution < 1.29 is 29.2 Å². The molecule has 2 N–H and O–H groups in total. The van der Waals surface area contributed by atoms with Crippen molar-refractivity contribution in [3.05, 3.63) is 69.9 Å². The van der Waals surface area contributed by atoms with Gasteiger partial charge in [-0.15, -0.1) is 0 Å². The average Bonchev–Trinajstić information content (AvgIpc) is 3.47. The van der Waals surface area contributed by atoms with E-state index in [9.17, 15) is 29.6 Å². The van der Waals surface area contributed by atoms with Gasteiger partial charge in [0.05, 0.1) is 10.4 Å². The van der Waals surface area contributed by atoms with Crippen LogP contribution in [0.1, 0.15) is 50.8 Å². The van der Waals surface area contributed by atoms with Gasteiger partial charge in [-0.05, 0) is 58.2 Å². The fourth-order valence-corrected chi connectivity index (χ4v) is 4.75. The van der Waals surface area contributed by atoms with Crippen LogP contribution in [-0.4, -0.2) is 55.7 Å². The van der Waals surface area contributed by atoms with E-state index in [0.717, 1.165) is 0 Å². The summed E-state index contributed by atoms with van der Waals surface area (Å²) < 4.78 is 7.19. The molecule has 0 bridgehead atoms. The lowest BCUT2D eigenvalue weighted by Gasteiger charge is -2.28. The number of ether oxygens (including phenoxy) is 1. The Morgan fingerprint density at radius 2 is 1.89 bits per heavy atom. The van der Waals surface area contributed by atoms with Crippen LogP contribution >= 0.6 is 0 Å². The first kappa shape index (κ1) is 26.6. The number of likely N-dealkylation sites (tertiary alicyclic amines) is 1. The first-order valence-corrected chi connectivity index (χ1v) is 12.3. The maximum Gasteiger partial charge on any atom is 0.410 e. The minimum atomic E-state index is -1.40. The molecule has 1 fully saturated rings. The van der Waals surface area contributed by atoms with Crippen LogP contribution < -0.4 is 5.32 Å². The largest absolute Gasteiger partial charge is 0.479 e. The van der Waals surface area contributed by atoms with Gasteiger partial charge in [0.15, 0.2) is 6.04 Å². The van der Waals surface area contributed by atoms with Crippen LogP contribution in [0.25, 0.3) is 16.6 Å². The van der Waals surface area contributed by atoms with E-state index in [0.29, 0.717) is 47.1 Å². The molecule has 11 nitrogen and oxygen atoms in total. The zero-order valence-corrected chi connectivity index (χ0v) is 21.6. The average molecular weight is 523 g/mol. The number of benzene rings is 2. The molecule has 0 aliphatic carbocycles. The number of hydrogen-bond acceptors (Lipinski definition) is 6. The molecule has 2 atom stereocenters. The van der Waals surface area contributed by atoms with Gasteiger partial charge in [0.2, 0.25) is 5.91 Å². The number of aryl methyl sites for hydroxylation is 1. The molecular formula is C27H30N4O7. The van der Waals surface area contributed by atoms with E-state index in [-0.39, 0.29) is 5.69 Å². The highest BCUT2D eigenvalue weighted by molar-refractivity contribution is 5.95. The van der Waals surface area contributed by atoms with Crippen molar-refractivity contribution in [2.24, 2.45) is 0 Å². The monoisotopic (exact) mass is 522 g/mol. The lowest BCUT2D eigenvalue weighted by atomic mass is 10.0. The van der Waals surface area contributed by atoms with Crippen LogP contribution in [0.15, 0.2) is 48.7 Å². The third-order valence-corrected chi connectivity index (χ3v) is 6.42. The predicted octanol–water partition coefficient (Wildman–Crippen LogP) is 4.49. The number of nitro benzene ring substituents is 1. The Bertz CT molecular complexity index is 1420. The summed E-state index contributed by atoms with van der Waals surface area (Å²) in [6.45, 7) is 7.28. The number of fused-ring (bicyclic) bond motifs is 1. The quantitative estimate of drug-likeness (QED) is 0.358. The topological polar surface area (TPSA) is 144 Å². The number of carbonyl (C=O) groups is 3. The van der Waals surface area contributed by atoms with Crippen molar-refractivity contribution in [1.29, 1.82) is 0 Å². The number of amides is 2. The number of nitrogens with one attached hydrogen (secondary N) is 1. The lowest BCUT2D eigenvalue weighted by molar-refractivity contribution is -0.384. The number of aliphatic carboxylic acids is 1. The van der Waals surface area contributed by atoms with Crippen molar-refractivity contribution in [2.75, 3.05) is 6.54 Å². The number of non-ortho nitro benzene ring substituents is 1. The van der Waals surface area contributed by atoms with Crippen molar-refractivity contribution in [1.82, 2.24) is 14.8 Å². The Labute approximate surface area is 219 Å². The van der Waals surface area contributed by atoms with Gasteiger partial charge in [-0.2, -0.15) is 0 Å². The Morgan fingerprint density at radius 1 is 1.18 bits per heavy atom. The SMILES string of the molecule is Cc1cc([N+](=O)[O-])ccc1-n1cc(C(NC(=O)C2CCCN2C(=O)OC(C)(C)C)C(=O)O)c2ccccc21. The zero-order chi connectivity index (χ0) is 27.8. The second kappa shape index (κ2) is 10.2. The lowest BCUT2D eigenvalue weighted by Crippen LogP contribution is -2.49. The van der Waals surface area contributed by atoms with Crippen LogP contribution in [0.5, 0.6) is 0 Å². The van der Waals surface area contributed by atoms with Gasteiger partial charge in [-0.1, -0.05) is 18.2 Å². The summed E-state index contributed by atoms with van der Waals surface area (Å²) in [5.41, 5.74) is 1.51. The molecule has 1 aliphatic heterocycles. The zero-order valence-electron chi connectivity index (χ0n) is 21.6. The van der Waals surface area contributed by atoms with Crippen molar-refractivity contribution in [2.45, 2.75) is 58.2 Å². The Morgan fingerprint density at radius 3 is 2.53 bits per heavy atom. The molecule has 1 saturated heterocycles. The Kier molecular flexibility index (Phi) is 7.12. The van der Waals surface area contributed by atoms with Gasteiger partial charge < -0.3 is 19.7 Å². The van der Waals surface area contributed by atoms with Gasteiger partial charge in [0.1, 0.15) is 11.6 Å². The number of rotatable bonds is 6. The van der Waals surface area contributed by atoms with Crippen LogP contribution in [0.2, 0.25) is 0 Å². The molecule has 11 heteroatoms. The molecule has 0 spiro atoms. The summed E-state index contributed by atoms with van der Waals surface area (Å²) in [6.07, 6.45) is 1.99. The second-order valence-electron chi connectivity index (χ2n) is 10.3. The number of aromatic nitrogens is 1. The van der Waals surface area contributed by atoms with E-state index in [1.165, 1.54) is 17.0 Å². The molecule has 1 aliphatic rings. The van der Waals surface area contributed by atoms with Crippen LogP contribution in [-0.2, 0) is 14.3 Å². The second-order valence-corrected chi connectivity index (χ2v) is 10.3. The minimum absolute atomic E-state index is 0.0512. The van der Waals surface area contributed by atoms with E-state index in [4.69, 9.17) is 4.74 Å². The fourth-order valence-electron chi connectivity index (χ4n) is 4.75. The maximum absolute atomic E-state index is 13.3. The van der Waals surface area contributed by atoms with Crippen molar-refractivity contribution >= 4 is 34.6 Å². The van der Waals surface area contributed by atoms with Gasteiger partial charge in [-0.3, -0.25) is 19.8 Å². The first-order valence-electron chi connectivity index (χ1n) is 12.3. The number of nitrogens with zero attached hydrogens (tertiary/aromatic N) is 3.